The van der Waals surface area contributed by atoms with Crippen molar-refractivity contribution in [3.63, 3.8) is 0 Å². The maximum absolute atomic E-state index is 14.5. The van der Waals surface area contributed by atoms with Gasteiger partial charge in [-0.05, 0) is 43.4 Å². The maximum atomic E-state index is 14.5. The quantitative estimate of drug-likeness (QED) is 0.424. The van der Waals surface area contributed by atoms with E-state index in [-0.39, 0.29) is 35.4 Å². The van der Waals surface area contributed by atoms with Gasteiger partial charge in [-0.25, -0.2) is 0 Å². The van der Waals surface area contributed by atoms with Gasteiger partial charge in [0.1, 0.15) is 5.84 Å². The van der Waals surface area contributed by atoms with E-state index in [9.17, 15) is 23.4 Å². The molecule has 4 heterocycles. The highest BCUT2D eigenvalue weighted by Gasteiger charge is 2.53. The van der Waals surface area contributed by atoms with Crippen LogP contribution in [0.25, 0.3) is 11.1 Å². The summed E-state index contributed by atoms with van der Waals surface area (Å²) in [6.45, 7) is 4.02. The van der Waals surface area contributed by atoms with E-state index in [0.29, 0.717) is 55.2 Å². The number of ether oxygens (including phenoxy) is 1. The van der Waals surface area contributed by atoms with Crippen LogP contribution in [0.4, 0.5) is 24.5 Å². The number of rotatable bonds is 4. The van der Waals surface area contributed by atoms with Gasteiger partial charge in [-0.2, -0.15) is 18.3 Å². The largest absolute Gasteiger partial charge is 0.417 e. The number of amides is 1. The van der Waals surface area contributed by atoms with Crippen LogP contribution in [-0.2, 0) is 22.8 Å². The predicted molar refractivity (Wildman–Crippen MR) is 150 cm³/mol. The highest BCUT2D eigenvalue weighted by atomic mass is 19.4. The Morgan fingerprint density at radius 1 is 1.17 bits per heavy atom. The van der Waals surface area contributed by atoms with E-state index < -0.39 is 11.7 Å². The van der Waals surface area contributed by atoms with Crippen LogP contribution in [-0.4, -0.2) is 77.9 Å². The Morgan fingerprint density at radius 2 is 1.90 bits per heavy atom. The van der Waals surface area contributed by atoms with Gasteiger partial charge in [0.2, 0.25) is 5.91 Å². The molecule has 1 aliphatic carbocycles. The molecular weight excluding hydrogens is 535 g/mol. The van der Waals surface area contributed by atoms with E-state index in [1.54, 1.807) is 29.1 Å². The first-order chi connectivity index (χ1) is 19.5. The zero-order chi connectivity index (χ0) is 29.1. The normalized spacial score (nSPS) is 20.9. The van der Waals surface area contributed by atoms with Crippen molar-refractivity contribution in [1.82, 2.24) is 20.0 Å². The zero-order valence-electron chi connectivity index (χ0n) is 23.6. The van der Waals surface area contributed by atoms with E-state index in [4.69, 9.17) is 4.74 Å². The molecular formula is C29H36F3N7O2. The minimum absolute atomic E-state index is 0.0712. The summed E-state index contributed by atoms with van der Waals surface area (Å²) >= 11 is 0. The van der Waals surface area contributed by atoms with Crippen molar-refractivity contribution in [2.45, 2.75) is 56.8 Å². The van der Waals surface area contributed by atoms with Gasteiger partial charge >= 0.3 is 6.18 Å². The standard InChI is InChI=1S/C29H36F3N7O2/c1-18(40)38-9-4-24(35-20-5-10-41-11-6-20)22(16-38)27(33)39-17-28(7-8-28)37(3)25-12-21(19-14-34-36(2)15-19)23(13-26(25)39)29(30,31)32/h12-15,20,33,35H,4-11,16-17H2,1-3H3. The average Bonchev–Trinajstić information content (AvgIpc) is 3.59. The molecule has 6 rings (SSSR count). The lowest BCUT2D eigenvalue weighted by Gasteiger charge is -2.45. The van der Waals surface area contributed by atoms with Crippen LogP contribution >= 0.6 is 0 Å². The Morgan fingerprint density at radius 3 is 2.51 bits per heavy atom. The number of hydrogen-bond acceptors (Lipinski definition) is 6. The molecule has 1 amide bonds. The number of anilines is 2. The zero-order valence-corrected chi connectivity index (χ0v) is 23.6. The maximum Gasteiger partial charge on any atom is 0.417 e. The van der Waals surface area contributed by atoms with E-state index in [1.807, 2.05) is 7.05 Å². The number of hydrogen-bond donors (Lipinski definition) is 2. The number of aryl methyl sites for hydroxylation is 1. The number of halogens is 3. The molecule has 0 unspecified atom stereocenters. The molecule has 1 aromatic carbocycles. The molecule has 41 heavy (non-hydrogen) atoms. The number of amidine groups is 1. The first kappa shape index (κ1) is 27.6. The molecule has 4 aliphatic rings. The number of alkyl halides is 3. The molecule has 1 spiro atoms. The van der Waals surface area contributed by atoms with Crippen molar-refractivity contribution >= 4 is 23.1 Å². The van der Waals surface area contributed by atoms with E-state index in [2.05, 4.69) is 15.3 Å². The Balaban J connectivity index is 1.46. The van der Waals surface area contributed by atoms with E-state index >= 15 is 0 Å². The van der Waals surface area contributed by atoms with Crippen LogP contribution in [0.2, 0.25) is 0 Å². The lowest BCUT2D eigenvalue weighted by atomic mass is 9.94. The summed E-state index contributed by atoms with van der Waals surface area (Å²) in [5.74, 6) is 0.0618. The Bertz CT molecular complexity index is 1410. The van der Waals surface area contributed by atoms with Gasteiger partial charge in [-0.1, -0.05) is 0 Å². The van der Waals surface area contributed by atoms with Crippen LogP contribution in [0, 0.1) is 5.41 Å². The Kier molecular flexibility index (Phi) is 6.79. The lowest BCUT2D eigenvalue weighted by Crippen LogP contribution is -2.53. The van der Waals surface area contributed by atoms with Gasteiger partial charge in [-0.3, -0.25) is 14.9 Å². The monoisotopic (exact) mass is 571 g/mol. The number of fused-ring (bicyclic) bond motifs is 1. The van der Waals surface area contributed by atoms with Crippen LogP contribution < -0.4 is 15.1 Å². The summed E-state index contributed by atoms with van der Waals surface area (Å²) in [5.41, 5.74) is 2.02. The van der Waals surface area contributed by atoms with E-state index in [1.165, 1.54) is 23.9 Å². The molecule has 2 fully saturated rings. The second-order valence-electron chi connectivity index (χ2n) is 11.7. The first-order valence-corrected chi connectivity index (χ1v) is 14.1. The molecule has 9 nitrogen and oxygen atoms in total. The topological polar surface area (TPSA) is 89.7 Å². The number of carbonyl (C=O) groups excluding carboxylic acids is 1. The van der Waals surface area contributed by atoms with Crippen LogP contribution in [0.3, 0.4) is 0 Å². The Hall–Kier alpha value is -3.54. The highest BCUT2D eigenvalue weighted by molar-refractivity contribution is 6.11. The molecule has 0 bridgehead atoms. The molecule has 0 radical (unpaired) electrons. The minimum atomic E-state index is -4.60. The molecule has 0 atom stereocenters. The number of benzene rings is 1. The number of likely N-dealkylation sites (N-methyl/N-ethyl adjacent to an activating group) is 1. The van der Waals surface area contributed by atoms with Gasteiger partial charge in [0.25, 0.3) is 0 Å². The Labute approximate surface area is 237 Å². The summed E-state index contributed by atoms with van der Waals surface area (Å²) in [5, 5.41) is 17.2. The summed E-state index contributed by atoms with van der Waals surface area (Å²) < 4.78 is 50.6. The number of aromatic nitrogens is 2. The number of carbonyl (C=O) groups is 1. The summed E-state index contributed by atoms with van der Waals surface area (Å²) in [6, 6.07) is 2.99. The summed E-state index contributed by atoms with van der Waals surface area (Å²) in [7, 11) is 3.61. The van der Waals surface area contributed by atoms with Crippen molar-refractivity contribution < 1.29 is 22.7 Å². The molecule has 2 N–H and O–H groups in total. The molecule has 1 aromatic heterocycles. The molecule has 12 heteroatoms. The molecule has 1 saturated heterocycles. The van der Waals surface area contributed by atoms with Crippen LogP contribution in [0.15, 0.2) is 35.8 Å². The average molecular weight is 572 g/mol. The third-order valence-electron chi connectivity index (χ3n) is 9.02. The van der Waals surface area contributed by atoms with Gasteiger partial charge < -0.3 is 24.8 Å². The van der Waals surface area contributed by atoms with Gasteiger partial charge in [0.05, 0.1) is 35.2 Å². The molecule has 1 saturated carbocycles. The fraction of sp³-hybridized carbons (Fsp3) is 0.552. The summed E-state index contributed by atoms with van der Waals surface area (Å²) in [6.07, 6.45) is 2.46. The van der Waals surface area contributed by atoms with Crippen molar-refractivity contribution in [3.8, 4) is 11.1 Å². The van der Waals surface area contributed by atoms with Crippen LogP contribution in [0.5, 0.6) is 0 Å². The van der Waals surface area contributed by atoms with Crippen molar-refractivity contribution in [2.75, 3.05) is 49.7 Å². The second kappa shape index (κ2) is 10.1. The lowest BCUT2D eigenvalue weighted by molar-refractivity contribution is -0.137. The third-order valence-corrected chi connectivity index (χ3v) is 9.02. The van der Waals surface area contributed by atoms with Gasteiger partial charge in [-0.15, -0.1) is 0 Å². The summed E-state index contributed by atoms with van der Waals surface area (Å²) in [4.78, 5) is 17.9. The van der Waals surface area contributed by atoms with Crippen molar-refractivity contribution in [3.05, 3.63) is 41.4 Å². The fourth-order valence-electron chi connectivity index (χ4n) is 6.33. The highest BCUT2D eigenvalue weighted by Crippen LogP contribution is 2.53. The smallest absolute Gasteiger partial charge is 0.385 e. The third kappa shape index (κ3) is 5.06. The first-order valence-electron chi connectivity index (χ1n) is 14.1. The van der Waals surface area contributed by atoms with E-state index in [0.717, 1.165) is 31.4 Å². The number of nitrogens with zero attached hydrogens (tertiary/aromatic N) is 5. The molecule has 220 valence electrons. The molecule has 3 aliphatic heterocycles. The number of nitrogens with one attached hydrogen (secondary N) is 2. The predicted octanol–water partition coefficient (Wildman–Crippen LogP) is 4.15. The van der Waals surface area contributed by atoms with Gasteiger partial charge in [0, 0.05) is 82.8 Å². The van der Waals surface area contributed by atoms with Crippen molar-refractivity contribution in [2.24, 2.45) is 7.05 Å². The second-order valence-corrected chi connectivity index (χ2v) is 11.7. The molecule has 2 aromatic rings. The SMILES string of the molecule is CC(=O)N1CCC(NC2CCOCC2)=C(C(=N)N2CC3(CC3)N(C)c3cc(-c4cnn(C)c4)c(C(F)(F)F)cc32)C1. The minimum Gasteiger partial charge on any atom is -0.385 e. The van der Waals surface area contributed by atoms with Crippen molar-refractivity contribution in [1.29, 1.82) is 5.41 Å². The van der Waals surface area contributed by atoms with Gasteiger partial charge in [0.15, 0.2) is 0 Å². The van der Waals surface area contributed by atoms with Crippen LogP contribution in [0.1, 0.15) is 44.6 Å². The fourth-order valence-corrected chi connectivity index (χ4v) is 6.33.